The smallest absolute Gasteiger partial charge is 0.180 e. The fourth-order valence-electron chi connectivity index (χ4n) is 2.17. The van der Waals surface area contributed by atoms with Crippen molar-refractivity contribution in [1.29, 1.82) is 0 Å². The van der Waals surface area contributed by atoms with E-state index in [-0.39, 0.29) is 6.29 Å². The highest BCUT2D eigenvalue weighted by Gasteiger charge is 2.20. The highest BCUT2D eigenvalue weighted by atomic mass is 16.7. The zero-order valence-electron chi connectivity index (χ0n) is 11.1. The van der Waals surface area contributed by atoms with Crippen LogP contribution >= 0.6 is 0 Å². The molecule has 98 valence electrons. The molecule has 1 fully saturated rings. The van der Waals surface area contributed by atoms with Gasteiger partial charge in [-0.25, -0.2) is 0 Å². The van der Waals surface area contributed by atoms with Crippen molar-refractivity contribution in [3.63, 3.8) is 0 Å². The average Bonchev–Trinajstić information content (AvgIpc) is 2.93. The van der Waals surface area contributed by atoms with Crippen LogP contribution in [0.1, 0.15) is 38.2 Å². The first-order valence-corrected chi connectivity index (χ1v) is 6.89. The molecule has 2 heteroatoms. The maximum Gasteiger partial charge on any atom is 0.180 e. The summed E-state index contributed by atoms with van der Waals surface area (Å²) in [5, 5.41) is 0. The van der Waals surface area contributed by atoms with Crippen LogP contribution in [0.5, 0.6) is 0 Å². The predicted octanol–water partition coefficient (Wildman–Crippen LogP) is 4.02. The van der Waals surface area contributed by atoms with Crippen LogP contribution in [0.25, 0.3) is 6.08 Å². The van der Waals surface area contributed by atoms with Crippen molar-refractivity contribution in [1.82, 2.24) is 0 Å². The summed E-state index contributed by atoms with van der Waals surface area (Å²) < 4.78 is 11.3. The standard InChI is InChI=1S/C16H22O2/c1-2-3-5-10-15(16-17-11-12-18-16)13-14-8-6-4-7-9-14/h4,6-9,13,16H,2-3,5,10-12H2,1H3/b15-13+. The summed E-state index contributed by atoms with van der Waals surface area (Å²) in [6, 6.07) is 10.4. The van der Waals surface area contributed by atoms with Crippen LogP contribution in [0.2, 0.25) is 0 Å². The number of hydrogen-bond acceptors (Lipinski definition) is 2. The molecule has 1 aliphatic heterocycles. The van der Waals surface area contributed by atoms with Crippen LogP contribution in [0.4, 0.5) is 0 Å². The molecular formula is C16H22O2. The van der Waals surface area contributed by atoms with Gasteiger partial charge in [-0.2, -0.15) is 0 Å². The third kappa shape index (κ3) is 3.97. The lowest BCUT2D eigenvalue weighted by Crippen LogP contribution is -2.11. The molecule has 0 aliphatic carbocycles. The zero-order chi connectivity index (χ0) is 12.6. The Kier molecular flexibility index (Phi) is 5.43. The molecule has 0 bridgehead atoms. The summed E-state index contributed by atoms with van der Waals surface area (Å²) in [5.41, 5.74) is 2.50. The fourth-order valence-corrected chi connectivity index (χ4v) is 2.17. The summed E-state index contributed by atoms with van der Waals surface area (Å²) in [5.74, 6) is 0. The second kappa shape index (κ2) is 7.34. The molecule has 1 aromatic carbocycles. The molecule has 1 heterocycles. The Morgan fingerprint density at radius 2 is 1.89 bits per heavy atom. The van der Waals surface area contributed by atoms with Gasteiger partial charge in [0.05, 0.1) is 13.2 Å². The van der Waals surface area contributed by atoms with Gasteiger partial charge in [0.15, 0.2) is 6.29 Å². The molecule has 18 heavy (non-hydrogen) atoms. The van der Waals surface area contributed by atoms with Crippen molar-refractivity contribution in [3.8, 4) is 0 Å². The molecule has 0 amide bonds. The molecular weight excluding hydrogens is 224 g/mol. The van der Waals surface area contributed by atoms with E-state index in [1.165, 1.54) is 30.4 Å². The van der Waals surface area contributed by atoms with E-state index in [1.807, 2.05) is 6.07 Å². The third-order valence-electron chi connectivity index (χ3n) is 3.15. The molecule has 2 nitrogen and oxygen atoms in total. The second-order valence-electron chi connectivity index (χ2n) is 4.66. The van der Waals surface area contributed by atoms with E-state index < -0.39 is 0 Å². The van der Waals surface area contributed by atoms with Gasteiger partial charge >= 0.3 is 0 Å². The van der Waals surface area contributed by atoms with Crippen molar-refractivity contribution in [3.05, 3.63) is 41.5 Å². The quantitative estimate of drug-likeness (QED) is 0.706. The van der Waals surface area contributed by atoms with Crippen molar-refractivity contribution < 1.29 is 9.47 Å². The summed E-state index contributed by atoms with van der Waals surface area (Å²) in [6.45, 7) is 3.65. The molecule has 1 aliphatic rings. The van der Waals surface area contributed by atoms with Crippen LogP contribution < -0.4 is 0 Å². The van der Waals surface area contributed by atoms with Crippen molar-refractivity contribution in [2.24, 2.45) is 0 Å². The van der Waals surface area contributed by atoms with Crippen molar-refractivity contribution in [2.45, 2.75) is 38.9 Å². The Morgan fingerprint density at radius 3 is 2.56 bits per heavy atom. The SMILES string of the molecule is CCCCC/C(=C\c1ccccc1)C1OCCO1. The highest BCUT2D eigenvalue weighted by Crippen LogP contribution is 2.22. The molecule has 0 spiro atoms. The van der Waals surface area contributed by atoms with Gasteiger partial charge in [0, 0.05) is 0 Å². The first-order valence-electron chi connectivity index (χ1n) is 6.89. The minimum absolute atomic E-state index is 0.123. The number of unbranched alkanes of at least 4 members (excludes halogenated alkanes) is 2. The van der Waals surface area contributed by atoms with Gasteiger partial charge in [-0.05, 0) is 24.0 Å². The second-order valence-corrected chi connectivity index (χ2v) is 4.66. The minimum Gasteiger partial charge on any atom is -0.346 e. The van der Waals surface area contributed by atoms with E-state index in [1.54, 1.807) is 0 Å². The minimum atomic E-state index is -0.123. The summed E-state index contributed by atoms with van der Waals surface area (Å²) in [4.78, 5) is 0. The Morgan fingerprint density at radius 1 is 1.17 bits per heavy atom. The normalized spacial score (nSPS) is 17.3. The van der Waals surface area contributed by atoms with Gasteiger partial charge in [0.25, 0.3) is 0 Å². The summed E-state index contributed by atoms with van der Waals surface area (Å²) in [7, 11) is 0. The Bertz CT molecular complexity index is 364. The highest BCUT2D eigenvalue weighted by molar-refractivity contribution is 5.53. The van der Waals surface area contributed by atoms with E-state index in [4.69, 9.17) is 9.47 Å². The largest absolute Gasteiger partial charge is 0.346 e. The maximum absolute atomic E-state index is 5.63. The number of rotatable bonds is 6. The van der Waals surface area contributed by atoms with E-state index in [2.05, 4.69) is 37.3 Å². The predicted molar refractivity (Wildman–Crippen MR) is 74.3 cm³/mol. The van der Waals surface area contributed by atoms with Crippen LogP contribution in [-0.4, -0.2) is 19.5 Å². The van der Waals surface area contributed by atoms with E-state index >= 15 is 0 Å². The molecule has 0 unspecified atom stereocenters. The summed E-state index contributed by atoms with van der Waals surface area (Å²) in [6.07, 6.45) is 6.86. The van der Waals surface area contributed by atoms with Gasteiger partial charge in [-0.1, -0.05) is 56.2 Å². The first-order chi connectivity index (χ1) is 8.90. The van der Waals surface area contributed by atoms with Gasteiger partial charge in [-0.3, -0.25) is 0 Å². The van der Waals surface area contributed by atoms with Gasteiger partial charge in [0.2, 0.25) is 0 Å². The fraction of sp³-hybridized carbons (Fsp3) is 0.500. The van der Waals surface area contributed by atoms with Gasteiger partial charge in [0.1, 0.15) is 0 Å². The topological polar surface area (TPSA) is 18.5 Å². The average molecular weight is 246 g/mol. The van der Waals surface area contributed by atoms with E-state index in [0.717, 1.165) is 6.42 Å². The van der Waals surface area contributed by atoms with Crippen molar-refractivity contribution >= 4 is 6.08 Å². The monoisotopic (exact) mass is 246 g/mol. The van der Waals surface area contributed by atoms with Crippen LogP contribution in [-0.2, 0) is 9.47 Å². The van der Waals surface area contributed by atoms with Crippen molar-refractivity contribution in [2.75, 3.05) is 13.2 Å². The lowest BCUT2D eigenvalue weighted by molar-refractivity contribution is -0.0127. The number of ether oxygens (including phenoxy) is 2. The molecule has 0 aromatic heterocycles. The Hall–Kier alpha value is -1.12. The molecule has 0 atom stereocenters. The molecule has 0 N–H and O–H groups in total. The Labute approximate surface area is 110 Å². The van der Waals surface area contributed by atoms with E-state index in [0.29, 0.717) is 13.2 Å². The summed E-state index contributed by atoms with van der Waals surface area (Å²) >= 11 is 0. The molecule has 1 saturated heterocycles. The van der Waals surface area contributed by atoms with Gasteiger partial charge in [-0.15, -0.1) is 0 Å². The first kappa shape index (κ1) is 13.3. The van der Waals surface area contributed by atoms with Crippen LogP contribution in [0, 0.1) is 0 Å². The third-order valence-corrected chi connectivity index (χ3v) is 3.15. The molecule has 1 aromatic rings. The molecule has 2 rings (SSSR count). The number of benzene rings is 1. The van der Waals surface area contributed by atoms with Gasteiger partial charge < -0.3 is 9.47 Å². The molecule has 0 saturated carbocycles. The Balaban J connectivity index is 2.05. The van der Waals surface area contributed by atoms with E-state index in [9.17, 15) is 0 Å². The maximum atomic E-state index is 5.63. The van der Waals surface area contributed by atoms with Crippen LogP contribution in [0.15, 0.2) is 35.9 Å². The van der Waals surface area contributed by atoms with Crippen LogP contribution in [0.3, 0.4) is 0 Å². The molecule has 0 radical (unpaired) electrons. The zero-order valence-corrected chi connectivity index (χ0v) is 11.1. The lowest BCUT2D eigenvalue weighted by atomic mass is 10.0. The lowest BCUT2D eigenvalue weighted by Gasteiger charge is -2.14. The number of hydrogen-bond donors (Lipinski definition) is 0.